The number of carbonyl (C=O) groups excluding carboxylic acids is 1. The van der Waals surface area contributed by atoms with Gasteiger partial charge in [-0.1, -0.05) is 12.1 Å². The van der Waals surface area contributed by atoms with Gasteiger partial charge < -0.3 is 15.7 Å². The predicted octanol–water partition coefficient (Wildman–Crippen LogP) is -1.02. The molecule has 8 heteroatoms. The van der Waals surface area contributed by atoms with Gasteiger partial charge in [0.15, 0.2) is 0 Å². The van der Waals surface area contributed by atoms with Crippen LogP contribution in [0.15, 0.2) is 6.20 Å². The molecule has 1 aromatic rings. The Bertz CT molecular complexity index is 404. The molecule has 0 aliphatic rings. The minimum absolute atomic E-state index is 0.128. The van der Waals surface area contributed by atoms with Gasteiger partial charge in [-0.2, -0.15) is 0 Å². The van der Waals surface area contributed by atoms with Gasteiger partial charge in [-0.3, -0.25) is 9.59 Å². The summed E-state index contributed by atoms with van der Waals surface area (Å²) in [7, 11) is 0. The fourth-order valence-electron chi connectivity index (χ4n) is 1.27. The Kier molecular flexibility index (Phi) is 5.78. The van der Waals surface area contributed by atoms with Gasteiger partial charge in [0.1, 0.15) is 12.2 Å². The molecular formula is C10H17N5O3. The minimum atomic E-state index is -0.987. The van der Waals surface area contributed by atoms with Crippen molar-refractivity contribution in [1.82, 2.24) is 25.6 Å². The maximum absolute atomic E-state index is 11.4. The van der Waals surface area contributed by atoms with Crippen LogP contribution in [-0.4, -0.2) is 45.1 Å². The first-order chi connectivity index (χ1) is 8.61. The van der Waals surface area contributed by atoms with Crippen molar-refractivity contribution < 1.29 is 14.7 Å². The van der Waals surface area contributed by atoms with Crippen molar-refractivity contribution in [2.75, 3.05) is 13.1 Å². The van der Waals surface area contributed by atoms with E-state index in [1.807, 2.05) is 6.92 Å². The van der Waals surface area contributed by atoms with Crippen molar-refractivity contribution in [3.05, 3.63) is 11.9 Å². The molecule has 0 aromatic carbocycles. The van der Waals surface area contributed by atoms with Gasteiger partial charge in [-0.05, 0) is 13.0 Å². The SMILES string of the molecule is CCCNCC(=O)NCc1cn(CC(=O)O)nn1. The monoisotopic (exact) mass is 255 g/mol. The molecule has 1 aromatic heterocycles. The summed E-state index contributed by atoms with van der Waals surface area (Å²) in [5.74, 6) is -1.12. The average molecular weight is 255 g/mol. The standard InChI is InChI=1S/C10H17N5O3/c1-2-3-11-5-9(16)12-4-8-6-15(14-13-8)7-10(17)18/h6,11H,2-5,7H2,1H3,(H,12,16)(H,17,18). The number of aromatic nitrogens is 3. The predicted molar refractivity (Wildman–Crippen MR) is 62.7 cm³/mol. The van der Waals surface area contributed by atoms with Gasteiger partial charge in [-0.25, -0.2) is 4.68 Å². The third kappa shape index (κ3) is 5.39. The quantitative estimate of drug-likeness (QED) is 0.513. The molecule has 0 saturated carbocycles. The third-order valence-electron chi connectivity index (χ3n) is 2.06. The largest absolute Gasteiger partial charge is 0.480 e. The minimum Gasteiger partial charge on any atom is -0.480 e. The molecule has 18 heavy (non-hydrogen) atoms. The maximum atomic E-state index is 11.4. The molecular weight excluding hydrogens is 238 g/mol. The Balaban J connectivity index is 2.28. The van der Waals surface area contributed by atoms with Crippen molar-refractivity contribution in [2.24, 2.45) is 0 Å². The first kappa shape index (κ1) is 14.1. The number of rotatable bonds is 8. The van der Waals surface area contributed by atoms with Gasteiger partial charge in [0, 0.05) is 0 Å². The highest BCUT2D eigenvalue weighted by Crippen LogP contribution is 1.92. The van der Waals surface area contributed by atoms with Crippen LogP contribution in [0.2, 0.25) is 0 Å². The van der Waals surface area contributed by atoms with Gasteiger partial charge in [-0.15, -0.1) is 5.10 Å². The highest BCUT2D eigenvalue weighted by atomic mass is 16.4. The van der Waals surface area contributed by atoms with Crippen LogP contribution in [0.25, 0.3) is 0 Å². The zero-order valence-electron chi connectivity index (χ0n) is 10.2. The molecule has 0 fully saturated rings. The van der Waals surface area contributed by atoms with E-state index in [2.05, 4.69) is 20.9 Å². The second-order valence-electron chi connectivity index (χ2n) is 3.75. The van der Waals surface area contributed by atoms with E-state index in [0.717, 1.165) is 13.0 Å². The van der Waals surface area contributed by atoms with E-state index < -0.39 is 5.97 Å². The molecule has 1 rings (SSSR count). The van der Waals surface area contributed by atoms with Crippen LogP contribution in [0.1, 0.15) is 19.0 Å². The van der Waals surface area contributed by atoms with Crippen molar-refractivity contribution in [1.29, 1.82) is 0 Å². The topological polar surface area (TPSA) is 109 Å². The number of hydrogen-bond acceptors (Lipinski definition) is 5. The molecule has 0 unspecified atom stereocenters. The van der Waals surface area contributed by atoms with E-state index in [1.165, 1.54) is 10.9 Å². The zero-order chi connectivity index (χ0) is 13.4. The van der Waals surface area contributed by atoms with Crippen molar-refractivity contribution >= 4 is 11.9 Å². The van der Waals surface area contributed by atoms with Gasteiger partial charge in [0.2, 0.25) is 5.91 Å². The maximum Gasteiger partial charge on any atom is 0.325 e. The molecule has 0 atom stereocenters. The number of carboxylic acid groups (broad SMARTS) is 1. The lowest BCUT2D eigenvalue weighted by Crippen LogP contribution is -2.33. The Morgan fingerprint density at radius 2 is 2.28 bits per heavy atom. The summed E-state index contributed by atoms with van der Waals surface area (Å²) >= 11 is 0. The fourth-order valence-corrected chi connectivity index (χ4v) is 1.27. The highest BCUT2D eigenvalue weighted by molar-refractivity contribution is 5.77. The van der Waals surface area contributed by atoms with Gasteiger partial charge in [0.25, 0.3) is 0 Å². The Morgan fingerprint density at radius 3 is 2.94 bits per heavy atom. The summed E-state index contributed by atoms with van der Waals surface area (Å²) in [5.41, 5.74) is 0.528. The molecule has 3 N–H and O–H groups in total. The second kappa shape index (κ2) is 7.38. The number of carboxylic acids is 1. The molecule has 1 amide bonds. The van der Waals surface area contributed by atoms with E-state index in [-0.39, 0.29) is 25.5 Å². The number of nitrogens with zero attached hydrogens (tertiary/aromatic N) is 3. The van der Waals surface area contributed by atoms with Crippen LogP contribution in [0, 0.1) is 0 Å². The summed E-state index contributed by atoms with van der Waals surface area (Å²) in [4.78, 5) is 21.8. The first-order valence-corrected chi connectivity index (χ1v) is 5.70. The second-order valence-corrected chi connectivity index (χ2v) is 3.75. The summed E-state index contributed by atoms with van der Waals surface area (Å²) in [5, 5.41) is 21.6. The number of aliphatic carboxylic acids is 1. The number of carbonyl (C=O) groups is 2. The molecule has 0 radical (unpaired) electrons. The number of hydrogen-bond donors (Lipinski definition) is 3. The fraction of sp³-hybridized carbons (Fsp3) is 0.600. The smallest absolute Gasteiger partial charge is 0.325 e. The zero-order valence-corrected chi connectivity index (χ0v) is 10.2. The number of nitrogens with one attached hydrogen (secondary N) is 2. The van der Waals surface area contributed by atoms with Crippen molar-refractivity contribution in [3.8, 4) is 0 Å². The van der Waals surface area contributed by atoms with Crippen LogP contribution in [0.3, 0.4) is 0 Å². The highest BCUT2D eigenvalue weighted by Gasteiger charge is 2.05. The summed E-state index contributed by atoms with van der Waals surface area (Å²) in [6.07, 6.45) is 2.46. The van der Waals surface area contributed by atoms with Crippen LogP contribution >= 0.6 is 0 Å². The number of amides is 1. The van der Waals surface area contributed by atoms with Gasteiger partial charge >= 0.3 is 5.97 Å². The normalized spacial score (nSPS) is 10.3. The van der Waals surface area contributed by atoms with Crippen LogP contribution < -0.4 is 10.6 Å². The lowest BCUT2D eigenvalue weighted by Gasteiger charge is -2.03. The van der Waals surface area contributed by atoms with Crippen LogP contribution in [0.5, 0.6) is 0 Å². The first-order valence-electron chi connectivity index (χ1n) is 5.70. The molecule has 0 aliphatic carbocycles. The summed E-state index contributed by atoms with van der Waals surface area (Å²) in [6, 6.07) is 0. The molecule has 100 valence electrons. The Hall–Kier alpha value is -1.96. The lowest BCUT2D eigenvalue weighted by atomic mass is 10.4. The molecule has 0 spiro atoms. The Labute approximate surface area is 104 Å². The van der Waals surface area contributed by atoms with E-state index in [1.54, 1.807) is 0 Å². The summed E-state index contributed by atoms with van der Waals surface area (Å²) in [6.45, 7) is 3.08. The average Bonchev–Trinajstić information content (AvgIpc) is 2.73. The molecule has 0 bridgehead atoms. The van der Waals surface area contributed by atoms with Gasteiger partial charge in [0.05, 0.1) is 19.3 Å². The van der Waals surface area contributed by atoms with Crippen molar-refractivity contribution in [3.63, 3.8) is 0 Å². The lowest BCUT2D eigenvalue weighted by molar-refractivity contribution is -0.138. The van der Waals surface area contributed by atoms with Crippen LogP contribution in [-0.2, 0) is 22.7 Å². The van der Waals surface area contributed by atoms with Crippen molar-refractivity contribution in [2.45, 2.75) is 26.4 Å². The van der Waals surface area contributed by atoms with E-state index in [0.29, 0.717) is 5.69 Å². The molecule has 0 saturated heterocycles. The summed E-state index contributed by atoms with van der Waals surface area (Å²) < 4.78 is 1.21. The van der Waals surface area contributed by atoms with E-state index >= 15 is 0 Å². The Morgan fingerprint density at radius 1 is 1.50 bits per heavy atom. The van der Waals surface area contributed by atoms with E-state index in [9.17, 15) is 9.59 Å². The van der Waals surface area contributed by atoms with Crippen LogP contribution in [0.4, 0.5) is 0 Å². The third-order valence-corrected chi connectivity index (χ3v) is 2.06. The van der Waals surface area contributed by atoms with E-state index in [4.69, 9.17) is 5.11 Å². The molecule has 8 nitrogen and oxygen atoms in total. The molecule has 1 heterocycles. The molecule has 0 aliphatic heterocycles.